The fraction of sp³-hybridized carbons (Fsp3) is 0.0769. The van der Waals surface area contributed by atoms with Crippen LogP contribution in [0.15, 0.2) is 42.5 Å². The summed E-state index contributed by atoms with van der Waals surface area (Å²) in [5.41, 5.74) is 8.81. The Morgan fingerprint density at radius 3 is 2.38 bits per heavy atom. The Morgan fingerprint density at radius 1 is 1.00 bits per heavy atom. The van der Waals surface area contributed by atoms with E-state index in [0.29, 0.717) is 11.3 Å². The molecular formula is C13H13ClFN. The van der Waals surface area contributed by atoms with Crippen LogP contribution in [0.25, 0.3) is 11.1 Å². The monoisotopic (exact) mass is 237 g/mol. The van der Waals surface area contributed by atoms with Gasteiger partial charge in [-0.3, -0.25) is 0 Å². The van der Waals surface area contributed by atoms with Crippen LogP contribution in [0.5, 0.6) is 0 Å². The minimum Gasteiger partial charge on any atom is -0.398 e. The van der Waals surface area contributed by atoms with Gasteiger partial charge in [0, 0.05) is 16.8 Å². The van der Waals surface area contributed by atoms with Gasteiger partial charge in [-0.2, -0.15) is 0 Å². The van der Waals surface area contributed by atoms with Crippen molar-refractivity contribution in [2.75, 3.05) is 5.73 Å². The molecule has 2 aromatic rings. The highest BCUT2D eigenvalue weighted by molar-refractivity contribution is 5.85. The first-order valence-corrected chi connectivity index (χ1v) is 4.79. The molecule has 2 aromatic carbocycles. The molecule has 0 spiro atoms. The number of hydrogen-bond acceptors (Lipinski definition) is 1. The Bertz CT molecular complexity index is 497. The molecule has 16 heavy (non-hydrogen) atoms. The van der Waals surface area contributed by atoms with Crippen LogP contribution in [0.4, 0.5) is 10.1 Å². The van der Waals surface area contributed by atoms with E-state index in [1.165, 1.54) is 6.07 Å². The molecule has 0 aliphatic rings. The van der Waals surface area contributed by atoms with Crippen LogP contribution in [0.3, 0.4) is 0 Å². The number of anilines is 1. The summed E-state index contributed by atoms with van der Waals surface area (Å²) >= 11 is 0. The molecule has 0 saturated carbocycles. The standard InChI is InChI=1S/C13H12FN.ClH/c1-9-6-7-13(15)11(8-9)10-4-2-3-5-12(10)14;/h2-8H,15H2,1H3;1H. The highest BCUT2D eigenvalue weighted by atomic mass is 35.5. The number of nitrogens with two attached hydrogens (primary N) is 1. The minimum absolute atomic E-state index is 0. The lowest BCUT2D eigenvalue weighted by atomic mass is 10.0. The van der Waals surface area contributed by atoms with Gasteiger partial charge in [-0.05, 0) is 25.1 Å². The van der Waals surface area contributed by atoms with Crippen LogP contribution in [0, 0.1) is 12.7 Å². The van der Waals surface area contributed by atoms with Crippen molar-refractivity contribution in [1.29, 1.82) is 0 Å². The van der Waals surface area contributed by atoms with E-state index in [9.17, 15) is 4.39 Å². The Morgan fingerprint density at radius 2 is 1.69 bits per heavy atom. The Labute approximate surface area is 101 Å². The van der Waals surface area contributed by atoms with Gasteiger partial charge in [0.15, 0.2) is 0 Å². The zero-order valence-electron chi connectivity index (χ0n) is 8.91. The largest absolute Gasteiger partial charge is 0.398 e. The first-order valence-electron chi connectivity index (χ1n) is 4.79. The zero-order valence-corrected chi connectivity index (χ0v) is 9.72. The average molecular weight is 238 g/mol. The van der Waals surface area contributed by atoms with Crippen LogP contribution < -0.4 is 5.73 Å². The van der Waals surface area contributed by atoms with Crippen LogP contribution >= 0.6 is 12.4 Å². The van der Waals surface area contributed by atoms with Crippen LogP contribution in [-0.2, 0) is 0 Å². The van der Waals surface area contributed by atoms with Crippen LogP contribution in [0.1, 0.15) is 5.56 Å². The fourth-order valence-corrected chi connectivity index (χ4v) is 1.58. The lowest BCUT2D eigenvalue weighted by Crippen LogP contribution is -1.92. The summed E-state index contributed by atoms with van der Waals surface area (Å²) < 4.78 is 13.5. The molecule has 0 unspecified atom stereocenters. The summed E-state index contributed by atoms with van der Waals surface area (Å²) in [7, 11) is 0. The maximum absolute atomic E-state index is 13.5. The van der Waals surface area contributed by atoms with Crippen molar-refractivity contribution >= 4 is 18.1 Å². The van der Waals surface area contributed by atoms with E-state index in [0.717, 1.165) is 11.1 Å². The minimum atomic E-state index is -0.241. The second kappa shape index (κ2) is 4.99. The molecule has 3 heteroatoms. The van der Waals surface area contributed by atoms with Crippen molar-refractivity contribution in [3.05, 3.63) is 53.8 Å². The van der Waals surface area contributed by atoms with E-state index >= 15 is 0 Å². The molecule has 84 valence electrons. The molecule has 0 aliphatic carbocycles. The maximum Gasteiger partial charge on any atom is 0.131 e. The van der Waals surface area contributed by atoms with E-state index in [2.05, 4.69) is 0 Å². The first-order chi connectivity index (χ1) is 7.18. The van der Waals surface area contributed by atoms with Gasteiger partial charge in [0.1, 0.15) is 5.82 Å². The lowest BCUT2D eigenvalue weighted by Gasteiger charge is -2.07. The summed E-state index contributed by atoms with van der Waals surface area (Å²) in [5, 5.41) is 0. The highest BCUT2D eigenvalue weighted by Gasteiger charge is 2.07. The molecule has 0 aliphatic heterocycles. The van der Waals surface area contributed by atoms with E-state index in [-0.39, 0.29) is 18.2 Å². The van der Waals surface area contributed by atoms with Gasteiger partial charge in [0.05, 0.1) is 0 Å². The maximum atomic E-state index is 13.5. The summed E-state index contributed by atoms with van der Waals surface area (Å²) in [6.07, 6.45) is 0. The summed E-state index contributed by atoms with van der Waals surface area (Å²) in [5.74, 6) is -0.241. The topological polar surface area (TPSA) is 26.0 Å². The summed E-state index contributed by atoms with van der Waals surface area (Å²) in [6.45, 7) is 1.96. The lowest BCUT2D eigenvalue weighted by molar-refractivity contribution is 0.631. The number of aryl methyl sites for hydroxylation is 1. The molecule has 2 rings (SSSR count). The average Bonchev–Trinajstić information content (AvgIpc) is 2.23. The molecule has 0 radical (unpaired) electrons. The normalized spacial score (nSPS) is 9.62. The summed E-state index contributed by atoms with van der Waals surface area (Å²) in [4.78, 5) is 0. The van der Waals surface area contributed by atoms with E-state index in [4.69, 9.17) is 5.73 Å². The number of benzene rings is 2. The van der Waals surface area contributed by atoms with Crippen molar-refractivity contribution in [2.24, 2.45) is 0 Å². The van der Waals surface area contributed by atoms with Gasteiger partial charge in [0.2, 0.25) is 0 Å². The van der Waals surface area contributed by atoms with Gasteiger partial charge in [-0.25, -0.2) is 4.39 Å². The van der Waals surface area contributed by atoms with Crippen molar-refractivity contribution in [2.45, 2.75) is 6.92 Å². The van der Waals surface area contributed by atoms with Crippen molar-refractivity contribution in [1.82, 2.24) is 0 Å². The van der Waals surface area contributed by atoms with Crippen LogP contribution in [0.2, 0.25) is 0 Å². The first kappa shape index (κ1) is 12.5. The molecule has 0 bridgehead atoms. The third kappa shape index (κ3) is 2.34. The van der Waals surface area contributed by atoms with Crippen molar-refractivity contribution in [3.63, 3.8) is 0 Å². The number of rotatable bonds is 1. The Hall–Kier alpha value is -1.54. The number of nitrogen functional groups attached to an aromatic ring is 1. The van der Waals surface area contributed by atoms with Gasteiger partial charge in [-0.1, -0.05) is 29.8 Å². The zero-order chi connectivity index (χ0) is 10.8. The SMILES string of the molecule is Cc1ccc(N)c(-c2ccccc2F)c1.Cl. The quantitative estimate of drug-likeness (QED) is 0.750. The van der Waals surface area contributed by atoms with E-state index in [1.807, 2.05) is 19.1 Å². The van der Waals surface area contributed by atoms with Crippen molar-refractivity contribution < 1.29 is 4.39 Å². The Balaban J connectivity index is 0.00000128. The third-order valence-electron chi connectivity index (χ3n) is 2.37. The van der Waals surface area contributed by atoms with Gasteiger partial charge in [-0.15, -0.1) is 12.4 Å². The van der Waals surface area contributed by atoms with Gasteiger partial charge >= 0.3 is 0 Å². The Kier molecular flexibility index (Phi) is 3.91. The van der Waals surface area contributed by atoms with E-state index in [1.54, 1.807) is 24.3 Å². The molecule has 0 aromatic heterocycles. The second-order valence-electron chi connectivity index (χ2n) is 3.57. The molecule has 0 fully saturated rings. The predicted octanol–water partition coefficient (Wildman–Crippen LogP) is 3.81. The molecule has 0 heterocycles. The molecular weight excluding hydrogens is 225 g/mol. The molecule has 1 nitrogen and oxygen atoms in total. The van der Waals surface area contributed by atoms with Crippen LogP contribution in [-0.4, -0.2) is 0 Å². The molecule has 2 N–H and O–H groups in total. The van der Waals surface area contributed by atoms with Gasteiger partial charge in [0.25, 0.3) is 0 Å². The number of hydrogen-bond donors (Lipinski definition) is 1. The van der Waals surface area contributed by atoms with Crippen molar-refractivity contribution in [3.8, 4) is 11.1 Å². The number of halogens is 2. The smallest absolute Gasteiger partial charge is 0.131 e. The highest BCUT2D eigenvalue weighted by Crippen LogP contribution is 2.28. The third-order valence-corrected chi connectivity index (χ3v) is 2.37. The molecule has 0 saturated heterocycles. The second-order valence-corrected chi connectivity index (χ2v) is 3.57. The molecule has 0 amide bonds. The van der Waals surface area contributed by atoms with Gasteiger partial charge < -0.3 is 5.73 Å². The summed E-state index contributed by atoms with van der Waals surface area (Å²) in [6, 6.07) is 12.3. The van der Waals surface area contributed by atoms with E-state index < -0.39 is 0 Å². The molecule has 0 atom stereocenters. The predicted molar refractivity (Wildman–Crippen MR) is 68.2 cm³/mol. The fourth-order valence-electron chi connectivity index (χ4n) is 1.58.